The minimum absolute atomic E-state index is 0. The first-order chi connectivity index (χ1) is 16.2. The summed E-state index contributed by atoms with van der Waals surface area (Å²) in [4.78, 5) is 5.11. The Morgan fingerprint density at radius 3 is 1.63 bits per heavy atom. The summed E-state index contributed by atoms with van der Waals surface area (Å²) >= 11 is 1.14. The van der Waals surface area contributed by atoms with Crippen LogP contribution in [0, 0.1) is 6.92 Å². The third-order valence-corrected chi connectivity index (χ3v) is 7.91. The predicted molar refractivity (Wildman–Crippen MR) is 141 cm³/mol. The molecule has 0 unspecified atom stereocenters. The van der Waals surface area contributed by atoms with E-state index in [2.05, 4.69) is 107 Å². The zero-order valence-corrected chi connectivity index (χ0v) is 27.3. The van der Waals surface area contributed by atoms with Crippen molar-refractivity contribution < 1.29 is 60.1 Å². The molecule has 0 bridgehead atoms. The van der Waals surface area contributed by atoms with Crippen LogP contribution in [0.15, 0.2) is 103 Å². The van der Waals surface area contributed by atoms with Crippen LogP contribution in [0.5, 0.6) is 0 Å². The topological polar surface area (TPSA) is 12.9 Å². The van der Waals surface area contributed by atoms with Gasteiger partial charge < -0.3 is 29.8 Å². The maximum absolute atomic E-state index is 5.11. The Bertz CT molecular complexity index is 1270. The molecule has 0 saturated carbocycles. The third-order valence-electron chi connectivity index (χ3n) is 5.15. The Balaban J connectivity index is 0.000000816. The number of pyridine rings is 1. The number of benzene rings is 4. The van der Waals surface area contributed by atoms with Crippen molar-refractivity contribution in [3.05, 3.63) is 116 Å². The second-order valence-corrected chi connectivity index (χ2v) is 12.7. The summed E-state index contributed by atoms with van der Waals surface area (Å²) in [7, 11) is 13.2. The summed E-state index contributed by atoms with van der Waals surface area (Å²) in [5, 5.41) is 6.40. The van der Waals surface area contributed by atoms with Crippen LogP contribution in [0.25, 0.3) is 21.8 Å². The van der Waals surface area contributed by atoms with E-state index in [1.54, 1.807) is 18.8 Å². The van der Waals surface area contributed by atoms with Crippen LogP contribution in [0.3, 0.4) is 0 Å². The molecule has 0 aliphatic carbocycles. The normalized spacial score (nSPS) is 9.89. The van der Waals surface area contributed by atoms with E-state index in [9.17, 15) is 0 Å². The van der Waals surface area contributed by atoms with Crippen LogP contribution < -0.4 is 40.7 Å². The Labute approximate surface area is 252 Å². The van der Waals surface area contributed by atoms with Gasteiger partial charge in [0.1, 0.15) is 23.8 Å². The van der Waals surface area contributed by atoms with E-state index in [1.165, 1.54) is 21.3 Å². The SMILES string of the molecule is [CH2-]c1cccc2cc3cccc([PH+](c4ccccc4)c4ccccc4)c3nc12.[Cl-].[Cl-].[Cl][Pt+].[Cl][Pt][Cl]. The van der Waals surface area contributed by atoms with Gasteiger partial charge in [-0.3, -0.25) is 0 Å². The van der Waals surface area contributed by atoms with Crippen LogP contribution in [0.4, 0.5) is 0 Å². The van der Waals surface area contributed by atoms with Gasteiger partial charge >= 0.3 is 63.5 Å². The van der Waals surface area contributed by atoms with Crippen molar-refractivity contribution >= 4 is 73.9 Å². The summed E-state index contributed by atoms with van der Waals surface area (Å²) in [5.41, 5.74) is 3.06. The molecule has 0 aliphatic heterocycles. The monoisotopic (exact) mass is 942 g/mol. The molecular weight excluding hydrogens is 925 g/mol. The van der Waals surface area contributed by atoms with Gasteiger partial charge in [0.2, 0.25) is 0 Å². The molecule has 1 nitrogen and oxygen atoms in total. The average Bonchev–Trinajstić information content (AvgIpc) is 2.87. The molecule has 0 fully saturated rings. The van der Waals surface area contributed by atoms with Gasteiger partial charge in [0.05, 0.1) is 5.52 Å². The number of fused-ring (bicyclic) bond motifs is 2. The molecule has 0 spiro atoms. The number of para-hydroxylation sites is 2. The van der Waals surface area contributed by atoms with Crippen LogP contribution >= 0.6 is 36.2 Å². The Morgan fingerprint density at radius 1 is 0.657 bits per heavy atom. The number of hydrogen-bond acceptors (Lipinski definition) is 1. The average molecular weight is 945 g/mol. The van der Waals surface area contributed by atoms with E-state index in [-0.39, 0.29) is 24.8 Å². The van der Waals surface area contributed by atoms with Gasteiger partial charge in [0.15, 0.2) is 0 Å². The molecule has 0 aliphatic rings. The molecule has 4 aromatic carbocycles. The van der Waals surface area contributed by atoms with Crippen LogP contribution in [-0.2, 0) is 35.3 Å². The Kier molecular flexibility index (Phi) is 16.1. The van der Waals surface area contributed by atoms with E-state index in [4.69, 9.17) is 23.8 Å². The molecule has 0 atom stereocenters. The number of aromatic nitrogens is 1. The number of hydrogen-bond donors (Lipinski definition) is 0. The molecule has 35 heavy (non-hydrogen) atoms. The van der Waals surface area contributed by atoms with Crippen molar-refractivity contribution in [1.29, 1.82) is 0 Å². The Hall–Kier alpha value is -0.323. The van der Waals surface area contributed by atoms with Crippen molar-refractivity contribution in [2.75, 3.05) is 0 Å². The molecule has 5 rings (SSSR count). The van der Waals surface area contributed by atoms with Gasteiger partial charge in [-0.05, 0) is 35.8 Å². The summed E-state index contributed by atoms with van der Waals surface area (Å²) < 4.78 is 0. The van der Waals surface area contributed by atoms with Gasteiger partial charge in [-0.15, -0.1) is 6.07 Å². The fraction of sp³-hybridized carbons (Fsp3) is 0. The fourth-order valence-corrected chi connectivity index (χ4v) is 6.54. The Morgan fingerprint density at radius 2 is 1.11 bits per heavy atom. The quantitative estimate of drug-likeness (QED) is 0.151. The van der Waals surface area contributed by atoms with Gasteiger partial charge in [0.25, 0.3) is 0 Å². The van der Waals surface area contributed by atoms with Crippen molar-refractivity contribution in [3.8, 4) is 0 Å². The van der Waals surface area contributed by atoms with E-state index < -0.39 is 24.4 Å². The van der Waals surface area contributed by atoms with E-state index in [0.717, 1.165) is 22.0 Å². The summed E-state index contributed by atoms with van der Waals surface area (Å²) in [5.74, 6) is 0. The zero-order valence-electron chi connectivity index (χ0n) is 18.0. The number of halogens is 5. The molecule has 0 radical (unpaired) electrons. The molecule has 5 aromatic rings. The summed E-state index contributed by atoms with van der Waals surface area (Å²) in [6.45, 7) is 4.19. The molecule has 0 amide bonds. The molecular formula is C26H20Cl5NPPt2-. The zero-order chi connectivity index (χ0) is 23.6. The molecule has 1 aromatic heterocycles. The maximum atomic E-state index is 5.11. The van der Waals surface area contributed by atoms with E-state index in [1.807, 2.05) is 12.1 Å². The fourth-order valence-electron chi connectivity index (χ4n) is 3.84. The first-order valence-corrected chi connectivity index (χ1v) is 19.7. The van der Waals surface area contributed by atoms with Gasteiger partial charge in [-0.1, -0.05) is 66.0 Å². The van der Waals surface area contributed by atoms with Crippen molar-refractivity contribution in [2.45, 2.75) is 0 Å². The summed E-state index contributed by atoms with van der Waals surface area (Å²) in [6, 6.07) is 36.7. The summed E-state index contributed by atoms with van der Waals surface area (Å²) in [6.07, 6.45) is 0. The molecule has 0 saturated heterocycles. The first-order valence-electron chi connectivity index (χ1n) is 9.80. The van der Waals surface area contributed by atoms with Crippen molar-refractivity contribution in [2.24, 2.45) is 0 Å². The molecule has 190 valence electrons. The van der Waals surface area contributed by atoms with Gasteiger partial charge in [0, 0.05) is 5.39 Å². The van der Waals surface area contributed by atoms with E-state index in [0.29, 0.717) is 0 Å². The second-order valence-electron chi connectivity index (χ2n) is 7.01. The van der Waals surface area contributed by atoms with Crippen LogP contribution in [0.2, 0.25) is 0 Å². The standard InChI is InChI=1S/C26H19NP.5ClH.2Pt/c1-19-10-8-11-20-18-21-12-9-17-24(26(21)27-25(19)20)28(22-13-4-2-5-14-22)23-15-6-3-7-16-23;;;;;;;/h2-18H,1H2;5*1H;;/q-1;;;;;;2*+2/p-4. The van der Waals surface area contributed by atoms with Gasteiger partial charge in [-0.25, -0.2) is 0 Å². The molecule has 1 heterocycles. The number of rotatable bonds is 3. The number of nitrogens with zero attached hydrogens (tertiary/aromatic N) is 1. The first kappa shape index (κ1) is 32.7. The minimum atomic E-state index is -1.17. The second kappa shape index (κ2) is 17.2. The van der Waals surface area contributed by atoms with Gasteiger partial charge in [-0.2, -0.15) is 18.6 Å². The predicted octanol–water partition coefficient (Wildman–Crippen LogP) is 1.13. The van der Waals surface area contributed by atoms with Crippen LogP contribution in [-0.4, -0.2) is 4.98 Å². The molecule has 9 heteroatoms. The van der Waals surface area contributed by atoms with Crippen molar-refractivity contribution in [3.63, 3.8) is 0 Å². The third kappa shape index (κ3) is 8.33. The van der Waals surface area contributed by atoms with Crippen molar-refractivity contribution in [1.82, 2.24) is 4.98 Å². The van der Waals surface area contributed by atoms with Crippen LogP contribution in [0.1, 0.15) is 5.56 Å². The molecule has 0 N–H and O–H groups in total. The van der Waals surface area contributed by atoms with E-state index >= 15 is 0 Å².